The maximum atomic E-state index is 5.58. The van der Waals surface area contributed by atoms with Crippen LogP contribution in [-0.2, 0) is 6.42 Å². The Balaban J connectivity index is 2.40. The van der Waals surface area contributed by atoms with Gasteiger partial charge in [-0.05, 0) is 24.5 Å². The molecule has 0 saturated carbocycles. The fraction of sp³-hybridized carbons (Fsp3) is 0.167. The molecule has 0 atom stereocenters. The summed E-state index contributed by atoms with van der Waals surface area (Å²) in [5.74, 6) is 0. The molecule has 1 nitrogen and oxygen atoms in total. The molecule has 68 valence electrons. The summed E-state index contributed by atoms with van der Waals surface area (Å²) < 4.78 is 0. The van der Waals surface area contributed by atoms with Crippen molar-refractivity contribution >= 4 is 0 Å². The Hall–Kier alpha value is -1.50. The standard InChI is InChI=1S/C12H15N/c1-2-12(13)10-6-9-11-7-4-3-5-8-11/h2-5,7-8,10H,1,6,9,13H2/b12-10+. The summed E-state index contributed by atoms with van der Waals surface area (Å²) in [7, 11) is 0. The summed E-state index contributed by atoms with van der Waals surface area (Å²) in [6.45, 7) is 3.59. The van der Waals surface area contributed by atoms with Crippen LogP contribution < -0.4 is 5.73 Å². The SMILES string of the molecule is C=C/C(N)=C\CCc1ccccc1. The van der Waals surface area contributed by atoms with Crippen molar-refractivity contribution in [1.29, 1.82) is 0 Å². The number of allylic oxidation sites excluding steroid dienone is 2. The largest absolute Gasteiger partial charge is 0.399 e. The van der Waals surface area contributed by atoms with Gasteiger partial charge in [-0.25, -0.2) is 0 Å². The maximum absolute atomic E-state index is 5.58. The van der Waals surface area contributed by atoms with Crippen LogP contribution in [0.3, 0.4) is 0 Å². The van der Waals surface area contributed by atoms with Crippen molar-refractivity contribution in [2.24, 2.45) is 5.73 Å². The summed E-state index contributed by atoms with van der Waals surface area (Å²) in [5, 5.41) is 0. The van der Waals surface area contributed by atoms with Crippen LogP contribution in [0, 0.1) is 0 Å². The number of hydrogen-bond acceptors (Lipinski definition) is 1. The molecular formula is C12H15N. The molecule has 1 aromatic carbocycles. The lowest BCUT2D eigenvalue weighted by Crippen LogP contribution is -1.92. The van der Waals surface area contributed by atoms with Crippen LogP contribution in [0.1, 0.15) is 12.0 Å². The first-order chi connectivity index (χ1) is 6.33. The Kier molecular flexibility index (Phi) is 3.83. The number of rotatable bonds is 4. The second kappa shape index (κ2) is 5.20. The van der Waals surface area contributed by atoms with Crippen molar-refractivity contribution in [2.75, 3.05) is 0 Å². The second-order valence-corrected chi connectivity index (χ2v) is 2.93. The molecule has 0 saturated heterocycles. The third-order valence-electron chi connectivity index (χ3n) is 1.89. The minimum Gasteiger partial charge on any atom is -0.399 e. The van der Waals surface area contributed by atoms with Crippen LogP contribution in [0.15, 0.2) is 54.8 Å². The maximum Gasteiger partial charge on any atom is 0.0267 e. The Morgan fingerprint density at radius 2 is 2.00 bits per heavy atom. The van der Waals surface area contributed by atoms with Crippen molar-refractivity contribution < 1.29 is 0 Å². The predicted molar refractivity (Wildman–Crippen MR) is 57.2 cm³/mol. The first-order valence-corrected chi connectivity index (χ1v) is 4.45. The third kappa shape index (κ3) is 3.61. The quantitative estimate of drug-likeness (QED) is 0.696. The lowest BCUT2D eigenvalue weighted by atomic mass is 10.1. The Morgan fingerprint density at radius 3 is 2.62 bits per heavy atom. The summed E-state index contributed by atoms with van der Waals surface area (Å²) >= 11 is 0. The van der Waals surface area contributed by atoms with Crippen LogP contribution >= 0.6 is 0 Å². The van der Waals surface area contributed by atoms with Gasteiger partial charge in [-0.15, -0.1) is 0 Å². The minimum absolute atomic E-state index is 0.760. The van der Waals surface area contributed by atoms with E-state index in [1.165, 1.54) is 5.56 Å². The van der Waals surface area contributed by atoms with Gasteiger partial charge in [-0.1, -0.05) is 43.0 Å². The van der Waals surface area contributed by atoms with Crippen LogP contribution in [0.4, 0.5) is 0 Å². The van der Waals surface area contributed by atoms with Crippen LogP contribution in [-0.4, -0.2) is 0 Å². The van der Waals surface area contributed by atoms with E-state index in [1.807, 2.05) is 12.1 Å². The predicted octanol–water partition coefficient (Wildman–Crippen LogP) is 2.65. The Bertz CT molecular complexity index is 285. The van der Waals surface area contributed by atoms with E-state index in [2.05, 4.69) is 30.8 Å². The minimum atomic E-state index is 0.760. The number of aryl methyl sites for hydroxylation is 1. The molecule has 0 unspecified atom stereocenters. The molecular weight excluding hydrogens is 158 g/mol. The third-order valence-corrected chi connectivity index (χ3v) is 1.89. The van der Waals surface area contributed by atoms with E-state index >= 15 is 0 Å². The van der Waals surface area contributed by atoms with E-state index in [1.54, 1.807) is 6.08 Å². The average Bonchev–Trinajstić information content (AvgIpc) is 2.19. The number of nitrogens with two attached hydrogens (primary N) is 1. The average molecular weight is 173 g/mol. The molecule has 1 aromatic rings. The van der Waals surface area contributed by atoms with Crippen molar-refractivity contribution in [3.63, 3.8) is 0 Å². The zero-order chi connectivity index (χ0) is 9.52. The van der Waals surface area contributed by atoms with Gasteiger partial charge in [0.05, 0.1) is 0 Å². The van der Waals surface area contributed by atoms with Crippen molar-refractivity contribution in [3.05, 3.63) is 60.3 Å². The molecule has 1 rings (SSSR count). The smallest absolute Gasteiger partial charge is 0.0267 e. The normalized spacial score (nSPS) is 11.2. The molecule has 0 aliphatic carbocycles. The van der Waals surface area contributed by atoms with Crippen LogP contribution in [0.25, 0.3) is 0 Å². The highest BCUT2D eigenvalue weighted by molar-refractivity contribution is 5.17. The van der Waals surface area contributed by atoms with Gasteiger partial charge in [0.1, 0.15) is 0 Å². The molecule has 0 aromatic heterocycles. The fourth-order valence-corrected chi connectivity index (χ4v) is 1.13. The Labute approximate surface area is 79.6 Å². The molecule has 13 heavy (non-hydrogen) atoms. The highest BCUT2D eigenvalue weighted by Gasteiger charge is 1.88. The molecule has 0 aliphatic heterocycles. The van der Waals surface area contributed by atoms with Gasteiger partial charge in [-0.3, -0.25) is 0 Å². The van der Waals surface area contributed by atoms with E-state index < -0.39 is 0 Å². The van der Waals surface area contributed by atoms with E-state index in [4.69, 9.17) is 5.73 Å². The zero-order valence-electron chi connectivity index (χ0n) is 7.74. The van der Waals surface area contributed by atoms with Gasteiger partial charge >= 0.3 is 0 Å². The number of benzene rings is 1. The molecule has 1 heteroatoms. The number of hydrogen-bond donors (Lipinski definition) is 1. The molecule has 0 heterocycles. The van der Waals surface area contributed by atoms with Gasteiger partial charge in [0.25, 0.3) is 0 Å². The van der Waals surface area contributed by atoms with E-state index in [0.717, 1.165) is 18.5 Å². The molecule has 0 radical (unpaired) electrons. The highest BCUT2D eigenvalue weighted by atomic mass is 14.5. The van der Waals surface area contributed by atoms with E-state index in [9.17, 15) is 0 Å². The molecule has 0 aliphatic rings. The fourth-order valence-electron chi connectivity index (χ4n) is 1.13. The van der Waals surface area contributed by atoms with Gasteiger partial charge < -0.3 is 5.73 Å². The van der Waals surface area contributed by atoms with Gasteiger partial charge in [0.2, 0.25) is 0 Å². The first-order valence-electron chi connectivity index (χ1n) is 4.45. The topological polar surface area (TPSA) is 26.0 Å². The molecule has 0 spiro atoms. The van der Waals surface area contributed by atoms with Gasteiger partial charge in [0, 0.05) is 5.70 Å². The summed E-state index contributed by atoms with van der Waals surface area (Å²) in [5.41, 5.74) is 7.68. The summed E-state index contributed by atoms with van der Waals surface area (Å²) in [6, 6.07) is 10.4. The van der Waals surface area contributed by atoms with E-state index in [-0.39, 0.29) is 0 Å². The second-order valence-electron chi connectivity index (χ2n) is 2.93. The zero-order valence-corrected chi connectivity index (χ0v) is 7.74. The molecule has 2 N–H and O–H groups in total. The first kappa shape index (κ1) is 9.59. The van der Waals surface area contributed by atoms with Gasteiger partial charge in [-0.2, -0.15) is 0 Å². The lowest BCUT2D eigenvalue weighted by Gasteiger charge is -1.97. The molecule has 0 amide bonds. The van der Waals surface area contributed by atoms with Crippen LogP contribution in [0.2, 0.25) is 0 Å². The summed E-state index contributed by atoms with van der Waals surface area (Å²) in [6.07, 6.45) is 5.68. The molecule has 0 bridgehead atoms. The van der Waals surface area contributed by atoms with Crippen molar-refractivity contribution in [3.8, 4) is 0 Å². The summed E-state index contributed by atoms with van der Waals surface area (Å²) in [4.78, 5) is 0. The van der Waals surface area contributed by atoms with Crippen molar-refractivity contribution in [2.45, 2.75) is 12.8 Å². The van der Waals surface area contributed by atoms with Gasteiger partial charge in [0.15, 0.2) is 0 Å². The highest BCUT2D eigenvalue weighted by Crippen LogP contribution is 2.03. The van der Waals surface area contributed by atoms with Crippen LogP contribution in [0.5, 0.6) is 0 Å². The van der Waals surface area contributed by atoms with E-state index in [0.29, 0.717) is 0 Å². The molecule has 0 fully saturated rings. The monoisotopic (exact) mass is 173 g/mol. The Morgan fingerprint density at radius 1 is 1.31 bits per heavy atom. The van der Waals surface area contributed by atoms with Crippen molar-refractivity contribution in [1.82, 2.24) is 0 Å². The lowest BCUT2D eigenvalue weighted by molar-refractivity contribution is 0.991.